The predicted molar refractivity (Wildman–Crippen MR) is 60.0 cm³/mol. The lowest BCUT2D eigenvalue weighted by atomic mass is 9.76. The average molecular weight is 199 g/mol. The molecule has 1 saturated carbocycles. The van der Waals surface area contributed by atoms with E-state index in [1.165, 1.54) is 50.0 Å². The van der Waals surface area contributed by atoms with E-state index < -0.39 is 0 Å². The van der Waals surface area contributed by atoms with Crippen molar-refractivity contribution in [3.05, 3.63) is 0 Å². The van der Waals surface area contributed by atoms with Crippen LogP contribution < -0.4 is 5.73 Å². The van der Waals surface area contributed by atoms with Crippen LogP contribution >= 0.6 is 11.8 Å². The Balaban J connectivity index is 1.79. The highest BCUT2D eigenvalue weighted by atomic mass is 32.2. The molecule has 2 aliphatic rings. The normalized spacial score (nSPS) is 37.6. The summed E-state index contributed by atoms with van der Waals surface area (Å²) in [5.41, 5.74) is 5.92. The summed E-state index contributed by atoms with van der Waals surface area (Å²) in [7, 11) is 0. The van der Waals surface area contributed by atoms with E-state index in [-0.39, 0.29) is 0 Å². The maximum absolute atomic E-state index is 5.92. The summed E-state index contributed by atoms with van der Waals surface area (Å²) >= 11 is 2.14. The van der Waals surface area contributed by atoms with Gasteiger partial charge in [-0.05, 0) is 61.9 Å². The topological polar surface area (TPSA) is 26.0 Å². The van der Waals surface area contributed by atoms with E-state index in [4.69, 9.17) is 5.73 Å². The van der Waals surface area contributed by atoms with Crippen molar-refractivity contribution >= 4 is 11.8 Å². The summed E-state index contributed by atoms with van der Waals surface area (Å²) in [6.45, 7) is 0. The molecule has 1 aliphatic carbocycles. The molecule has 0 radical (unpaired) electrons. The molecular weight excluding hydrogens is 178 g/mol. The lowest BCUT2D eigenvalue weighted by molar-refractivity contribution is 0.221. The highest BCUT2D eigenvalue weighted by molar-refractivity contribution is 7.99. The molecule has 0 atom stereocenters. The van der Waals surface area contributed by atoms with E-state index in [1.54, 1.807) is 0 Å². The standard InChI is InChI=1S/C11H21NS/c12-11-3-1-9(2-4-11)10-5-7-13-8-6-10/h9-11H,1-8,12H2. The van der Waals surface area contributed by atoms with Crippen molar-refractivity contribution in [2.24, 2.45) is 17.6 Å². The van der Waals surface area contributed by atoms with Gasteiger partial charge in [-0.2, -0.15) is 11.8 Å². The van der Waals surface area contributed by atoms with Gasteiger partial charge in [0.15, 0.2) is 0 Å². The highest BCUT2D eigenvalue weighted by Gasteiger charge is 2.27. The zero-order valence-corrected chi connectivity index (χ0v) is 9.19. The van der Waals surface area contributed by atoms with Gasteiger partial charge < -0.3 is 5.73 Å². The zero-order valence-electron chi connectivity index (χ0n) is 8.37. The number of nitrogens with two attached hydrogens (primary N) is 1. The smallest absolute Gasteiger partial charge is 0.00390 e. The SMILES string of the molecule is NC1CCC(C2CCSCC2)CC1. The molecule has 0 bridgehead atoms. The Hall–Kier alpha value is 0.310. The molecule has 13 heavy (non-hydrogen) atoms. The molecule has 0 amide bonds. The fourth-order valence-corrected chi connectivity index (χ4v) is 3.95. The van der Waals surface area contributed by atoms with Gasteiger partial charge >= 0.3 is 0 Å². The Morgan fingerprint density at radius 1 is 0.769 bits per heavy atom. The van der Waals surface area contributed by atoms with E-state index in [0.29, 0.717) is 6.04 Å². The second-order valence-electron chi connectivity index (χ2n) is 4.62. The van der Waals surface area contributed by atoms with Crippen LogP contribution in [0.3, 0.4) is 0 Å². The second kappa shape index (κ2) is 4.70. The van der Waals surface area contributed by atoms with Crippen molar-refractivity contribution in [1.82, 2.24) is 0 Å². The van der Waals surface area contributed by atoms with E-state index in [9.17, 15) is 0 Å². The van der Waals surface area contributed by atoms with Crippen molar-refractivity contribution < 1.29 is 0 Å². The Morgan fingerprint density at radius 2 is 1.31 bits per heavy atom. The van der Waals surface area contributed by atoms with Crippen LogP contribution in [0.1, 0.15) is 38.5 Å². The van der Waals surface area contributed by atoms with Gasteiger partial charge in [0.2, 0.25) is 0 Å². The fourth-order valence-electron chi connectivity index (χ4n) is 2.80. The third kappa shape index (κ3) is 2.63. The first kappa shape index (κ1) is 9.85. The molecular formula is C11H21NS. The number of thioether (sulfide) groups is 1. The molecule has 1 aliphatic heterocycles. The molecule has 2 rings (SSSR count). The van der Waals surface area contributed by atoms with Crippen LogP contribution in [-0.4, -0.2) is 17.5 Å². The minimum atomic E-state index is 0.522. The molecule has 1 heterocycles. The third-order valence-corrected chi connectivity index (χ3v) is 4.80. The van der Waals surface area contributed by atoms with Gasteiger partial charge in [-0.15, -0.1) is 0 Å². The summed E-state index contributed by atoms with van der Waals surface area (Å²) in [6, 6.07) is 0.522. The molecule has 1 nitrogen and oxygen atoms in total. The van der Waals surface area contributed by atoms with E-state index >= 15 is 0 Å². The molecule has 1 saturated heterocycles. The van der Waals surface area contributed by atoms with Gasteiger partial charge in [-0.3, -0.25) is 0 Å². The van der Waals surface area contributed by atoms with Gasteiger partial charge in [-0.1, -0.05) is 0 Å². The first-order valence-electron chi connectivity index (χ1n) is 5.69. The molecule has 76 valence electrons. The van der Waals surface area contributed by atoms with Crippen molar-refractivity contribution in [3.63, 3.8) is 0 Å². The van der Waals surface area contributed by atoms with Crippen LogP contribution in [0.25, 0.3) is 0 Å². The van der Waals surface area contributed by atoms with Gasteiger partial charge in [0.05, 0.1) is 0 Å². The Bertz CT molecular complexity index is 146. The third-order valence-electron chi connectivity index (χ3n) is 3.75. The Kier molecular flexibility index (Phi) is 3.56. The van der Waals surface area contributed by atoms with Crippen LogP contribution in [0.15, 0.2) is 0 Å². The highest BCUT2D eigenvalue weighted by Crippen LogP contribution is 2.36. The molecule has 0 spiro atoms. The lowest BCUT2D eigenvalue weighted by Gasteiger charge is -2.34. The van der Waals surface area contributed by atoms with Crippen LogP contribution in [0, 0.1) is 11.8 Å². The van der Waals surface area contributed by atoms with Gasteiger partial charge in [0.25, 0.3) is 0 Å². The molecule has 0 aromatic heterocycles. The zero-order chi connectivity index (χ0) is 9.10. The maximum atomic E-state index is 5.92. The summed E-state index contributed by atoms with van der Waals surface area (Å²) in [5, 5.41) is 0. The molecule has 0 unspecified atom stereocenters. The summed E-state index contributed by atoms with van der Waals surface area (Å²) in [6.07, 6.45) is 8.35. The van der Waals surface area contributed by atoms with Gasteiger partial charge in [-0.25, -0.2) is 0 Å². The van der Waals surface area contributed by atoms with Crippen molar-refractivity contribution in [3.8, 4) is 0 Å². The van der Waals surface area contributed by atoms with Crippen LogP contribution in [0.4, 0.5) is 0 Å². The minimum absolute atomic E-state index is 0.522. The summed E-state index contributed by atoms with van der Waals surface area (Å²) in [4.78, 5) is 0. The lowest BCUT2D eigenvalue weighted by Crippen LogP contribution is -2.30. The molecule has 0 aromatic carbocycles. The van der Waals surface area contributed by atoms with Crippen LogP contribution in [0.5, 0.6) is 0 Å². The monoisotopic (exact) mass is 199 g/mol. The van der Waals surface area contributed by atoms with Gasteiger partial charge in [0, 0.05) is 6.04 Å². The van der Waals surface area contributed by atoms with Crippen molar-refractivity contribution in [1.29, 1.82) is 0 Å². The maximum Gasteiger partial charge on any atom is 0.00390 e. The largest absolute Gasteiger partial charge is 0.328 e. The molecule has 2 N–H and O–H groups in total. The van der Waals surface area contributed by atoms with E-state index in [2.05, 4.69) is 11.8 Å². The van der Waals surface area contributed by atoms with Crippen molar-refractivity contribution in [2.75, 3.05) is 11.5 Å². The number of hydrogen-bond acceptors (Lipinski definition) is 2. The van der Waals surface area contributed by atoms with Crippen LogP contribution in [0.2, 0.25) is 0 Å². The summed E-state index contributed by atoms with van der Waals surface area (Å²) < 4.78 is 0. The van der Waals surface area contributed by atoms with Gasteiger partial charge in [0.1, 0.15) is 0 Å². The van der Waals surface area contributed by atoms with E-state index in [1.807, 2.05) is 0 Å². The Morgan fingerprint density at radius 3 is 1.92 bits per heavy atom. The fraction of sp³-hybridized carbons (Fsp3) is 1.00. The van der Waals surface area contributed by atoms with Crippen LogP contribution in [-0.2, 0) is 0 Å². The second-order valence-corrected chi connectivity index (χ2v) is 5.85. The number of hydrogen-bond donors (Lipinski definition) is 1. The first-order valence-corrected chi connectivity index (χ1v) is 6.85. The Labute approximate surface area is 85.8 Å². The minimum Gasteiger partial charge on any atom is -0.328 e. The quantitative estimate of drug-likeness (QED) is 0.702. The van der Waals surface area contributed by atoms with E-state index in [0.717, 1.165) is 11.8 Å². The molecule has 0 aromatic rings. The molecule has 2 heteroatoms. The number of rotatable bonds is 1. The predicted octanol–water partition coefficient (Wildman–Crippen LogP) is 2.65. The molecule has 2 fully saturated rings. The first-order chi connectivity index (χ1) is 6.36. The van der Waals surface area contributed by atoms with Crippen molar-refractivity contribution in [2.45, 2.75) is 44.6 Å². The average Bonchev–Trinajstić information content (AvgIpc) is 2.20. The summed E-state index contributed by atoms with van der Waals surface area (Å²) in [5.74, 6) is 4.90.